The molecule has 0 aliphatic rings. The van der Waals surface area contributed by atoms with Gasteiger partial charge in [0, 0.05) is 19.6 Å². The van der Waals surface area contributed by atoms with Gasteiger partial charge in [0.15, 0.2) is 5.96 Å². The quantitative estimate of drug-likeness (QED) is 0.311. The van der Waals surface area contributed by atoms with Crippen LogP contribution in [-0.4, -0.2) is 25.5 Å². The summed E-state index contributed by atoms with van der Waals surface area (Å²) in [5, 5.41) is 12.9. The molecule has 13 heavy (non-hydrogen) atoms. The summed E-state index contributed by atoms with van der Waals surface area (Å²) in [4.78, 5) is 13.7. The Balaban J connectivity index is 3.13. The zero-order valence-electron chi connectivity index (χ0n) is 7.88. The monoisotopic (exact) mass is 186 g/mol. The van der Waals surface area contributed by atoms with Crippen LogP contribution < -0.4 is 16.2 Å². The molecule has 0 amide bonds. The molecule has 0 aliphatic carbocycles. The van der Waals surface area contributed by atoms with E-state index in [1.54, 1.807) is 7.05 Å². The van der Waals surface area contributed by atoms with Crippen LogP contribution in [0, 0.1) is 0 Å². The Morgan fingerprint density at radius 2 is 2.15 bits per heavy atom. The Bertz CT molecular complexity index is 180. The van der Waals surface area contributed by atoms with Crippen LogP contribution >= 0.6 is 0 Å². The van der Waals surface area contributed by atoms with E-state index in [9.17, 15) is 9.90 Å². The summed E-state index contributed by atoms with van der Waals surface area (Å²) in [6.07, 6.45) is 2.55. The van der Waals surface area contributed by atoms with Crippen LogP contribution in [-0.2, 0) is 4.79 Å². The zero-order valence-corrected chi connectivity index (χ0v) is 7.88. The minimum absolute atomic E-state index is 0.136. The maximum Gasteiger partial charge on any atom is 0.188 e. The van der Waals surface area contributed by atoms with E-state index in [2.05, 4.69) is 10.3 Å². The first kappa shape index (κ1) is 11.7. The minimum Gasteiger partial charge on any atom is -0.550 e. The number of rotatable bonds is 6. The van der Waals surface area contributed by atoms with Crippen molar-refractivity contribution in [1.29, 1.82) is 0 Å². The van der Waals surface area contributed by atoms with Gasteiger partial charge >= 0.3 is 0 Å². The van der Waals surface area contributed by atoms with Crippen molar-refractivity contribution in [2.45, 2.75) is 25.7 Å². The van der Waals surface area contributed by atoms with Gasteiger partial charge in [0.1, 0.15) is 0 Å². The lowest BCUT2D eigenvalue weighted by molar-refractivity contribution is -0.305. The number of carboxylic acid groups (broad SMARTS) is 1. The van der Waals surface area contributed by atoms with Crippen molar-refractivity contribution in [3.05, 3.63) is 0 Å². The molecule has 0 bridgehead atoms. The summed E-state index contributed by atoms with van der Waals surface area (Å²) in [5.74, 6) is -0.567. The van der Waals surface area contributed by atoms with Gasteiger partial charge in [-0.25, -0.2) is 0 Å². The lowest BCUT2D eigenvalue weighted by Gasteiger charge is -2.04. The largest absolute Gasteiger partial charge is 0.550 e. The highest BCUT2D eigenvalue weighted by Gasteiger charge is 1.91. The second-order valence-electron chi connectivity index (χ2n) is 2.72. The van der Waals surface area contributed by atoms with Crippen molar-refractivity contribution < 1.29 is 9.90 Å². The van der Waals surface area contributed by atoms with E-state index in [0.717, 1.165) is 19.4 Å². The number of carbonyl (C=O) groups is 1. The van der Waals surface area contributed by atoms with Gasteiger partial charge in [0.25, 0.3) is 0 Å². The molecule has 0 atom stereocenters. The molecule has 5 nitrogen and oxygen atoms in total. The Hall–Kier alpha value is -1.26. The number of carboxylic acids is 1. The SMILES string of the molecule is CN=C(N)NCCCCCC(=O)[O-]. The molecule has 0 aliphatic heterocycles. The maximum atomic E-state index is 10.0. The van der Waals surface area contributed by atoms with Crippen molar-refractivity contribution in [2.75, 3.05) is 13.6 Å². The number of guanidine groups is 1. The molecule has 0 saturated heterocycles. The number of aliphatic carboxylic acids is 1. The molecule has 0 radical (unpaired) electrons. The first-order valence-corrected chi connectivity index (χ1v) is 4.32. The molecule has 3 N–H and O–H groups in total. The number of unbranched alkanes of at least 4 members (excludes halogenated alkanes) is 2. The summed E-state index contributed by atoms with van der Waals surface area (Å²) in [5.41, 5.74) is 5.37. The van der Waals surface area contributed by atoms with E-state index in [1.807, 2.05) is 0 Å². The van der Waals surface area contributed by atoms with E-state index >= 15 is 0 Å². The van der Waals surface area contributed by atoms with Crippen LogP contribution in [0.2, 0.25) is 0 Å². The van der Waals surface area contributed by atoms with Crippen LogP contribution in [0.15, 0.2) is 4.99 Å². The highest BCUT2D eigenvalue weighted by atomic mass is 16.4. The Morgan fingerprint density at radius 3 is 2.69 bits per heavy atom. The molecular formula is C8H16N3O2-. The number of hydrogen-bond donors (Lipinski definition) is 2. The van der Waals surface area contributed by atoms with Crippen LogP contribution in [0.3, 0.4) is 0 Å². The summed E-state index contributed by atoms with van der Waals surface area (Å²) in [6.45, 7) is 0.732. The van der Waals surface area contributed by atoms with E-state index in [1.165, 1.54) is 0 Å². The fourth-order valence-corrected chi connectivity index (χ4v) is 0.867. The summed E-state index contributed by atoms with van der Waals surface area (Å²) >= 11 is 0. The maximum absolute atomic E-state index is 10.0. The first-order chi connectivity index (χ1) is 6.16. The fraction of sp³-hybridized carbons (Fsp3) is 0.750. The molecular weight excluding hydrogens is 170 g/mol. The second-order valence-corrected chi connectivity index (χ2v) is 2.72. The van der Waals surface area contributed by atoms with Gasteiger partial charge in [-0.1, -0.05) is 6.42 Å². The molecule has 0 aromatic heterocycles. The highest BCUT2D eigenvalue weighted by molar-refractivity contribution is 5.77. The third-order valence-corrected chi connectivity index (χ3v) is 1.60. The van der Waals surface area contributed by atoms with Gasteiger partial charge in [0.05, 0.1) is 0 Å². The highest BCUT2D eigenvalue weighted by Crippen LogP contribution is 1.97. The number of hydrogen-bond acceptors (Lipinski definition) is 3. The number of nitrogens with two attached hydrogens (primary N) is 1. The topological polar surface area (TPSA) is 90.5 Å². The van der Waals surface area contributed by atoms with E-state index in [-0.39, 0.29) is 6.42 Å². The molecule has 0 unspecified atom stereocenters. The smallest absolute Gasteiger partial charge is 0.188 e. The number of aliphatic imine (C=N–C) groups is 1. The lowest BCUT2D eigenvalue weighted by atomic mass is 10.2. The zero-order chi connectivity index (χ0) is 10.1. The average molecular weight is 186 g/mol. The van der Waals surface area contributed by atoms with Gasteiger partial charge in [-0.3, -0.25) is 4.99 Å². The Labute approximate surface area is 78.0 Å². The van der Waals surface area contributed by atoms with Crippen LogP contribution in [0.4, 0.5) is 0 Å². The van der Waals surface area contributed by atoms with Gasteiger partial charge in [-0.2, -0.15) is 0 Å². The van der Waals surface area contributed by atoms with Gasteiger partial charge in [0.2, 0.25) is 0 Å². The summed E-state index contributed by atoms with van der Waals surface area (Å²) < 4.78 is 0. The van der Waals surface area contributed by atoms with Gasteiger partial charge < -0.3 is 21.0 Å². The van der Waals surface area contributed by atoms with Crippen molar-refractivity contribution in [1.82, 2.24) is 5.32 Å². The first-order valence-electron chi connectivity index (χ1n) is 4.32. The molecule has 0 rings (SSSR count). The predicted octanol–water partition coefficient (Wildman–Crippen LogP) is -1.17. The third kappa shape index (κ3) is 8.65. The fourth-order valence-electron chi connectivity index (χ4n) is 0.867. The summed E-state index contributed by atoms with van der Waals surface area (Å²) in [6, 6.07) is 0. The van der Waals surface area contributed by atoms with Crippen molar-refractivity contribution in [3.63, 3.8) is 0 Å². The minimum atomic E-state index is -0.984. The second kappa shape index (κ2) is 7.39. The predicted molar refractivity (Wildman–Crippen MR) is 49.0 cm³/mol. The number of nitrogens with one attached hydrogen (secondary N) is 1. The standard InChI is InChI=1S/C8H17N3O2/c1-10-8(9)11-6-4-2-3-5-7(12)13/h2-6H2,1H3,(H,12,13)(H3,9,10,11)/p-1. The number of carbonyl (C=O) groups excluding carboxylic acids is 1. The van der Waals surface area contributed by atoms with Crippen LogP contribution in [0.25, 0.3) is 0 Å². The van der Waals surface area contributed by atoms with Crippen molar-refractivity contribution >= 4 is 11.9 Å². The molecule has 0 fully saturated rings. The summed E-state index contributed by atoms with van der Waals surface area (Å²) in [7, 11) is 1.61. The molecule has 0 spiro atoms. The third-order valence-electron chi connectivity index (χ3n) is 1.60. The van der Waals surface area contributed by atoms with E-state index < -0.39 is 5.97 Å². The molecule has 76 valence electrons. The molecule has 0 aromatic carbocycles. The van der Waals surface area contributed by atoms with E-state index in [4.69, 9.17) is 5.73 Å². The molecule has 5 heteroatoms. The Morgan fingerprint density at radius 1 is 1.46 bits per heavy atom. The van der Waals surface area contributed by atoms with Crippen molar-refractivity contribution in [3.8, 4) is 0 Å². The number of nitrogens with zero attached hydrogens (tertiary/aromatic N) is 1. The molecule has 0 heterocycles. The van der Waals surface area contributed by atoms with Crippen molar-refractivity contribution in [2.24, 2.45) is 10.7 Å². The van der Waals surface area contributed by atoms with Crippen LogP contribution in [0.5, 0.6) is 0 Å². The normalized spacial score (nSPS) is 11.3. The molecule has 0 saturated carbocycles. The van der Waals surface area contributed by atoms with Gasteiger partial charge in [-0.15, -0.1) is 0 Å². The van der Waals surface area contributed by atoms with E-state index in [0.29, 0.717) is 12.4 Å². The van der Waals surface area contributed by atoms with Crippen LogP contribution in [0.1, 0.15) is 25.7 Å². The lowest BCUT2D eigenvalue weighted by Crippen LogP contribution is -2.32. The molecule has 0 aromatic rings. The Kier molecular flexibility index (Phi) is 6.68. The average Bonchev–Trinajstić information content (AvgIpc) is 2.10. The van der Waals surface area contributed by atoms with Gasteiger partial charge in [-0.05, 0) is 19.3 Å².